The van der Waals surface area contributed by atoms with E-state index in [1.165, 1.54) is 30.5 Å². The summed E-state index contributed by atoms with van der Waals surface area (Å²) in [5, 5.41) is 8.02. The second-order valence-electron chi connectivity index (χ2n) is 7.64. The number of nitrogens with zero attached hydrogens (tertiary/aromatic N) is 4. The van der Waals surface area contributed by atoms with Crippen LogP contribution in [0.3, 0.4) is 0 Å². The molecule has 4 rings (SSSR count). The SMILES string of the molecule is CCCC(c1ccc(OCc2coc(/C=C/c3ccccc3C(F)(F)F)n2)cc1)n1ccnn1. The fraction of sp³-hybridized carbons (Fsp3) is 0.240. The van der Waals surface area contributed by atoms with Crippen LogP contribution in [0.5, 0.6) is 5.75 Å². The highest BCUT2D eigenvalue weighted by Crippen LogP contribution is 2.32. The van der Waals surface area contributed by atoms with Crippen LogP contribution in [0, 0.1) is 0 Å². The molecule has 0 aliphatic rings. The lowest BCUT2D eigenvalue weighted by molar-refractivity contribution is -0.137. The van der Waals surface area contributed by atoms with Crippen LogP contribution < -0.4 is 4.74 Å². The number of halogens is 3. The van der Waals surface area contributed by atoms with Gasteiger partial charge in [0.2, 0.25) is 5.89 Å². The molecule has 2 heterocycles. The Labute approximate surface area is 194 Å². The average molecular weight is 468 g/mol. The van der Waals surface area contributed by atoms with Gasteiger partial charge in [-0.3, -0.25) is 0 Å². The summed E-state index contributed by atoms with van der Waals surface area (Å²) in [6.45, 7) is 2.29. The van der Waals surface area contributed by atoms with Crippen LogP contribution in [0.1, 0.15) is 54.1 Å². The van der Waals surface area contributed by atoms with Crippen LogP contribution in [0.25, 0.3) is 12.2 Å². The molecule has 34 heavy (non-hydrogen) atoms. The number of alkyl halides is 3. The van der Waals surface area contributed by atoms with E-state index in [2.05, 4.69) is 22.2 Å². The zero-order chi connectivity index (χ0) is 24.0. The van der Waals surface area contributed by atoms with Crippen molar-refractivity contribution in [1.29, 1.82) is 0 Å². The van der Waals surface area contributed by atoms with E-state index in [1.54, 1.807) is 12.3 Å². The molecule has 0 N–H and O–H groups in total. The number of benzene rings is 2. The Kier molecular flexibility index (Phi) is 7.10. The maximum absolute atomic E-state index is 13.1. The molecule has 6 nitrogen and oxygen atoms in total. The first kappa shape index (κ1) is 23.3. The average Bonchev–Trinajstić information content (AvgIpc) is 3.52. The van der Waals surface area contributed by atoms with Gasteiger partial charge < -0.3 is 9.15 Å². The lowest BCUT2D eigenvalue weighted by Crippen LogP contribution is -2.11. The van der Waals surface area contributed by atoms with Crippen molar-refractivity contribution >= 4 is 12.2 Å². The second kappa shape index (κ2) is 10.4. The fourth-order valence-corrected chi connectivity index (χ4v) is 3.58. The van der Waals surface area contributed by atoms with E-state index in [0.29, 0.717) is 11.4 Å². The first-order valence-corrected chi connectivity index (χ1v) is 10.8. The molecule has 0 aliphatic heterocycles. The van der Waals surface area contributed by atoms with E-state index in [4.69, 9.17) is 9.15 Å². The molecule has 0 spiro atoms. The lowest BCUT2D eigenvalue weighted by Gasteiger charge is -2.17. The molecule has 0 radical (unpaired) electrons. The molecule has 176 valence electrons. The summed E-state index contributed by atoms with van der Waals surface area (Å²) in [5.74, 6) is 0.859. The minimum Gasteiger partial charge on any atom is -0.487 e. The van der Waals surface area contributed by atoms with Crippen molar-refractivity contribution in [2.24, 2.45) is 0 Å². The Hall–Kier alpha value is -3.88. The van der Waals surface area contributed by atoms with Crippen molar-refractivity contribution < 1.29 is 22.3 Å². The first-order valence-electron chi connectivity index (χ1n) is 10.8. The van der Waals surface area contributed by atoms with Gasteiger partial charge in [-0.1, -0.05) is 48.9 Å². The minimum atomic E-state index is -4.43. The largest absolute Gasteiger partial charge is 0.487 e. The number of aromatic nitrogens is 4. The van der Waals surface area contributed by atoms with Gasteiger partial charge in [0.25, 0.3) is 0 Å². The Morgan fingerprint density at radius 1 is 1.09 bits per heavy atom. The Morgan fingerprint density at radius 3 is 2.59 bits per heavy atom. The number of oxazole rings is 1. The zero-order valence-electron chi connectivity index (χ0n) is 18.4. The third-order valence-corrected chi connectivity index (χ3v) is 5.22. The van der Waals surface area contributed by atoms with Crippen LogP contribution in [-0.2, 0) is 12.8 Å². The molecular weight excluding hydrogens is 445 g/mol. The molecule has 2 aromatic heterocycles. The molecule has 0 amide bonds. The van der Waals surface area contributed by atoms with E-state index >= 15 is 0 Å². The second-order valence-corrected chi connectivity index (χ2v) is 7.64. The van der Waals surface area contributed by atoms with Gasteiger partial charge in [-0.05, 0) is 41.8 Å². The molecule has 0 saturated heterocycles. The number of ether oxygens (including phenoxy) is 1. The predicted molar refractivity (Wildman–Crippen MR) is 121 cm³/mol. The van der Waals surface area contributed by atoms with E-state index in [0.717, 1.165) is 24.5 Å². The lowest BCUT2D eigenvalue weighted by atomic mass is 10.0. The summed E-state index contributed by atoms with van der Waals surface area (Å²) in [5.41, 5.74) is 0.958. The molecule has 0 bridgehead atoms. The van der Waals surface area contributed by atoms with Crippen molar-refractivity contribution in [3.8, 4) is 5.75 Å². The number of hydrogen-bond donors (Lipinski definition) is 0. The molecule has 0 saturated carbocycles. The standard InChI is InChI=1S/C25H23F3N4O2/c1-2-5-23(32-15-14-29-31-32)19-8-11-21(12-9-19)33-16-20-17-34-24(30-20)13-10-18-6-3-4-7-22(18)25(26,27)28/h3-4,6-15,17,23H,2,5,16H2,1H3/b13-10+. The minimum absolute atomic E-state index is 0.0401. The molecule has 1 atom stereocenters. The Morgan fingerprint density at radius 2 is 1.88 bits per heavy atom. The van der Waals surface area contributed by atoms with Crippen LogP contribution in [-0.4, -0.2) is 20.0 Å². The highest BCUT2D eigenvalue weighted by molar-refractivity contribution is 5.68. The summed E-state index contributed by atoms with van der Waals surface area (Å²) in [6, 6.07) is 13.2. The van der Waals surface area contributed by atoms with Crippen molar-refractivity contribution in [3.05, 3.63) is 95.5 Å². The monoisotopic (exact) mass is 468 g/mol. The van der Waals surface area contributed by atoms with Crippen LogP contribution in [0.15, 0.2) is 71.6 Å². The van der Waals surface area contributed by atoms with Gasteiger partial charge in [0.15, 0.2) is 0 Å². The van der Waals surface area contributed by atoms with Gasteiger partial charge in [-0.25, -0.2) is 9.67 Å². The Bertz CT molecular complexity index is 1220. The van der Waals surface area contributed by atoms with Crippen molar-refractivity contribution in [3.63, 3.8) is 0 Å². The summed E-state index contributed by atoms with van der Waals surface area (Å²) in [6.07, 6.45) is 5.18. The van der Waals surface area contributed by atoms with Gasteiger partial charge in [0.1, 0.15) is 24.3 Å². The number of rotatable bonds is 9. The zero-order valence-corrected chi connectivity index (χ0v) is 18.4. The quantitative estimate of drug-likeness (QED) is 0.283. The predicted octanol–water partition coefficient (Wildman–Crippen LogP) is 6.42. The molecule has 1 unspecified atom stereocenters. The van der Waals surface area contributed by atoms with E-state index in [-0.39, 0.29) is 24.1 Å². The molecular formula is C25H23F3N4O2. The van der Waals surface area contributed by atoms with Crippen molar-refractivity contribution in [2.75, 3.05) is 0 Å². The fourth-order valence-electron chi connectivity index (χ4n) is 3.58. The molecule has 9 heteroatoms. The van der Waals surface area contributed by atoms with Gasteiger partial charge in [0, 0.05) is 12.3 Å². The van der Waals surface area contributed by atoms with Crippen LogP contribution in [0.4, 0.5) is 13.2 Å². The molecule has 0 aliphatic carbocycles. The topological polar surface area (TPSA) is 66.0 Å². The van der Waals surface area contributed by atoms with Crippen molar-refractivity contribution in [1.82, 2.24) is 20.0 Å². The Balaban J connectivity index is 1.38. The van der Waals surface area contributed by atoms with E-state index in [1.807, 2.05) is 35.1 Å². The van der Waals surface area contributed by atoms with Gasteiger partial charge in [-0.2, -0.15) is 13.2 Å². The summed E-state index contributed by atoms with van der Waals surface area (Å²) in [4.78, 5) is 4.26. The third kappa shape index (κ3) is 5.72. The van der Waals surface area contributed by atoms with Crippen LogP contribution >= 0.6 is 0 Å². The van der Waals surface area contributed by atoms with Gasteiger partial charge in [0.05, 0.1) is 17.8 Å². The van der Waals surface area contributed by atoms with Gasteiger partial charge >= 0.3 is 6.18 Å². The van der Waals surface area contributed by atoms with E-state index < -0.39 is 11.7 Å². The van der Waals surface area contributed by atoms with Crippen LogP contribution in [0.2, 0.25) is 0 Å². The first-order chi connectivity index (χ1) is 16.4. The summed E-state index contributed by atoms with van der Waals surface area (Å²) in [7, 11) is 0. The van der Waals surface area contributed by atoms with E-state index in [9.17, 15) is 13.2 Å². The van der Waals surface area contributed by atoms with Gasteiger partial charge in [-0.15, -0.1) is 5.10 Å². The smallest absolute Gasteiger partial charge is 0.416 e. The normalized spacial score (nSPS) is 12.8. The summed E-state index contributed by atoms with van der Waals surface area (Å²) < 4.78 is 52.3. The molecule has 4 aromatic rings. The maximum Gasteiger partial charge on any atom is 0.416 e. The highest BCUT2D eigenvalue weighted by atomic mass is 19.4. The number of hydrogen-bond acceptors (Lipinski definition) is 5. The molecule has 2 aromatic carbocycles. The highest BCUT2D eigenvalue weighted by Gasteiger charge is 2.32. The van der Waals surface area contributed by atoms with Crippen molar-refractivity contribution in [2.45, 2.75) is 38.6 Å². The maximum atomic E-state index is 13.1. The third-order valence-electron chi connectivity index (χ3n) is 5.22. The molecule has 0 fully saturated rings. The summed E-state index contributed by atoms with van der Waals surface area (Å²) >= 11 is 0.